The van der Waals surface area contributed by atoms with Crippen LogP contribution in [0.2, 0.25) is 0 Å². The number of Topliss-reactive ketones (excluding diaryl/α,β-unsaturated/α-hetero) is 1. The van der Waals surface area contributed by atoms with E-state index in [-0.39, 0.29) is 34.4 Å². The summed E-state index contributed by atoms with van der Waals surface area (Å²) in [5, 5.41) is 9.67. The number of benzene rings is 2. The number of halogens is 1. The Kier molecular flexibility index (Phi) is 7.38. The van der Waals surface area contributed by atoms with Crippen LogP contribution in [0.3, 0.4) is 0 Å². The lowest BCUT2D eigenvalue weighted by Crippen LogP contribution is -3.00. The summed E-state index contributed by atoms with van der Waals surface area (Å²) >= 11 is 0. The number of phenolic OH excluding ortho intramolecular Hbond substituents is 1. The molecular formula is C25H25BrN2O5. The predicted molar refractivity (Wildman–Crippen MR) is 117 cm³/mol. The van der Waals surface area contributed by atoms with E-state index in [4.69, 9.17) is 15.2 Å². The van der Waals surface area contributed by atoms with Crippen molar-refractivity contribution in [2.75, 3.05) is 14.2 Å². The van der Waals surface area contributed by atoms with Gasteiger partial charge in [-0.05, 0) is 48.2 Å². The Labute approximate surface area is 202 Å². The van der Waals surface area contributed by atoms with Crippen molar-refractivity contribution in [3.05, 3.63) is 82.7 Å². The Morgan fingerprint density at radius 1 is 1.15 bits per heavy atom. The van der Waals surface area contributed by atoms with Crippen LogP contribution in [0.1, 0.15) is 37.4 Å². The minimum Gasteiger partial charge on any atom is -1.00 e. The third-order valence-electron chi connectivity index (χ3n) is 5.83. The molecule has 1 aliphatic rings. The molecule has 0 radical (unpaired) electrons. The van der Waals surface area contributed by atoms with Crippen LogP contribution in [0.4, 0.5) is 0 Å². The summed E-state index contributed by atoms with van der Waals surface area (Å²) in [5.41, 5.74) is 9.20. The predicted octanol–water partition coefficient (Wildman–Crippen LogP) is -0.554. The van der Waals surface area contributed by atoms with Gasteiger partial charge < -0.3 is 37.3 Å². The van der Waals surface area contributed by atoms with Gasteiger partial charge in [0.25, 0.3) is 5.91 Å². The Balaban J connectivity index is 0.00000306. The lowest BCUT2D eigenvalue weighted by Gasteiger charge is -2.10. The first kappa shape index (κ1) is 24.3. The molecule has 4 rings (SSSR count). The summed E-state index contributed by atoms with van der Waals surface area (Å²) in [6.45, 7) is 0.475. The minimum atomic E-state index is -0.545. The van der Waals surface area contributed by atoms with E-state index in [2.05, 4.69) is 0 Å². The molecule has 33 heavy (non-hydrogen) atoms. The molecule has 7 nitrogen and oxygen atoms in total. The van der Waals surface area contributed by atoms with Gasteiger partial charge in [0, 0.05) is 23.1 Å². The number of fused-ring (bicyclic) bond motifs is 1. The summed E-state index contributed by atoms with van der Waals surface area (Å²) in [4.78, 5) is 25.2. The number of carbonyl (C=O) groups excluding carboxylic acids is 2. The molecular weight excluding hydrogens is 488 g/mol. The number of nitrogens with two attached hydrogens (primary N) is 1. The van der Waals surface area contributed by atoms with Gasteiger partial charge in [0.05, 0.1) is 14.2 Å². The SMILES string of the molecule is COc1cc2c(cc1OC)C(=O)C(Cc1cc[n+](Cc3cccc(O)c3)cc1C(N)=O)C2.[Br-]. The number of carbonyl (C=O) groups is 2. The number of ether oxygens (including phenoxy) is 2. The molecule has 1 atom stereocenters. The lowest BCUT2D eigenvalue weighted by atomic mass is 9.93. The number of amides is 1. The first-order valence-electron chi connectivity index (χ1n) is 10.3. The summed E-state index contributed by atoms with van der Waals surface area (Å²) in [5.74, 6) is 0.477. The third-order valence-corrected chi connectivity index (χ3v) is 5.83. The van der Waals surface area contributed by atoms with E-state index in [1.54, 1.807) is 37.6 Å². The molecule has 1 heterocycles. The molecule has 8 heteroatoms. The van der Waals surface area contributed by atoms with Crippen molar-refractivity contribution in [2.45, 2.75) is 19.4 Å². The van der Waals surface area contributed by atoms with E-state index >= 15 is 0 Å². The van der Waals surface area contributed by atoms with Gasteiger partial charge in [0.1, 0.15) is 11.3 Å². The number of primary amides is 1. The number of rotatable bonds is 7. The average Bonchev–Trinajstić information content (AvgIpc) is 3.08. The summed E-state index contributed by atoms with van der Waals surface area (Å²) in [6, 6.07) is 12.3. The number of hydrogen-bond donors (Lipinski definition) is 2. The molecule has 2 aromatic carbocycles. The molecule has 0 aliphatic heterocycles. The largest absolute Gasteiger partial charge is 1.00 e. The van der Waals surface area contributed by atoms with Crippen molar-refractivity contribution in [3.8, 4) is 17.2 Å². The zero-order valence-electron chi connectivity index (χ0n) is 18.4. The molecule has 172 valence electrons. The highest BCUT2D eigenvalue weighted by Gasteiger charge is 2.33. The monoisotopic (exact) mass is 512 g/mol. The van der Waals surface area contributed by atoms with E-state index < -0.39 is 5.91 Å². The molecule has 0 bridgehead atoms. The minimum absolute atomic E-state index is 0. The zero-order valence-corrected chi connectivity index (χ0v) is 20.0. The maximum atomic E-state index is 13.0. The lowest BCUT2D eigenvalue weighted by molar-refractivity contribution is -0.688. The fraction of sp³-hybridized carbons (Fsp3) is 0.240. The Bertz CT molecular complexity index is 1210. The molecule has 3 aromatic rings. The second-order valence-corrected chi connectivity index (χ2v) is 7.92. The van der Waals surface area contributed by atoms with Crippen LogP contribution in [-0.2, 0) is 19.4 Å². The molecule has 1 amide bonds. The van der Waals surface area contributed by atoms with Gasteiger partial charge in [-0.2, -0.15) is 4.57 Å². The Morgan fingerprint density at radius 3 is 2.55 bits per heavy atom. The Hall–Kier alpha value is -3.39. The number of methoxy groups -OCH3 is 2. The van der Waals surface area contributed by atoms with Gasteiger partial charge in [-0.15, -0.1) is 0 Å². The fourth-order valence-corrected chi connectivity index (χ4v) is 4.26. The number of aromatic hydroxyl groups is 1. The van der Waals surface area contributed by atoms with E-state index in [1.807, 2.05) is 29.0 Å². The molecule has 1 aliphatic carbocycles. The number of phenols is 1. The van der Waals surface area contributed by atoms with Crippen LogP contribution in [0, 0.1) is 5.92 Å². The van der Waals surface area contributed by atoms with Crippen LogP contribution in [0.15, 0.2) is 54.9 Å². The van der Waals surface area contributed by atoms with Gasteiger partial charge >= 0.3 is 0 Å². The van der Waals surface area contributed by atoms with E-state index in [1.165, 1.54) is 7.11 Å². The second-order valence-electron chi connectivity index (χ2n) is 7.92. The topological polar surface area (TPSA) is 103 Å². The van der Waals surface area contributed by atoms with Gasteiger partial charge in [0.2, 0.25) is 0 Å². The quantitative estimate of drug-likeness (QED) is 0.413. The smallest absolute Gasteiger partial charge is 0.255 e. The van der Waals surface area contributed by atoms with Crippen molar-refractivity contribution in [3.63, 3.8) is 0 Å². The zero-order chi connectivity index (χ0) is 22.8. The number of nitrogens with zero attached hydrogens (tertiary/aromatic N) is 1. The normalized spacial score (nSPS) is 14.4. The van der Waals surface area contributed by atoms with Crippen molar-refractivity contribution < 1.29 is 45.7 Å². The van der Waals surface area contributed by atoms with E-state index in [0.29, 0.717) is 42.0 Å². The van der Waals surface area contributed by atoms with E-state index in [9.17, 15) is 14.7 Å². The van der Waals surface area contributed by atoms with Crippen LogP contribution in [-0.4, -0.2) is 31.0 Å². The first-order valence-corrected chi connectivity index (χ1v) is 10.3. The van der Waals surface area contributed by atoms with Crippen LogP contribution >= 0.6 is 0 Å². The van der Waals surface area contributed by atoms with Gasteiger partial charge in [-0.25, -0.2) is 0 Å². The highest BCUT2D eigenvalue weighted by Crippen LogP contribution is 2.37. The standard InChI is InChI=1S/C25H24N2O5.BrH/c1-31-22-11-17-10-18(24(29)20(17)12-23(22)32-2)9-16-6-7-27(14-21(16)25(26)30)13-15-4-3-5-19(28)8-15;/h3-8,11-12,14,18H,9-10,13H2,1-2H3,(H2-,26,28,30);1H. The highest BCUT2D eigenvalue weighted by atomic mass is 79.9. The fourth-order valence-electron chi connectivity index (χ4n) is 4.26. The maximum Gasteiger partial charge on any atom is 0.255 e. The summed E-state index contributed by atoms with van der Waals surface area (Å²) < 4.78 is 12.5. The third kappa shape index (κ3) is 5.01. The van der Waals surface area contributed by atoms with Gasteiger partial charge in [0.15, 0.2) is 36.2 Å². The van der Waals surface area contributed by atoms with Crippen LogP contribution in [0.25, 0.3) is 0 Å². The van der Waals surface area contributed by atoms with Gasteiger partial charge in [-0.3, -0.25) is 9.59 Å². The number of aromatic nitrogens is 1. The first-order chi connectivity index (χ1) is 15.4. The molecule has 0 saturated heterocycles. The summed E-state index contributed by atoms with van der Waals surface area (Å²) in [7, 11) is 3.10. The molecule has 1 aromatic heterocycles. The van der Waals surface area contributed by atoms with Crippen molar-refractivity contribution in [2.24, 2.45) is 11.7 Å². The number of ketones is 1. The van der Waals surface area contributed by atoms with Crippen LogP contribution in [0.5, 0.6) is 17.2 Å². The molecule has 0 spiro atoms. The van der Waals surface area contributed by atoms with Crippen molar-refractivity contribution in [1.29, 1.82) is 0 Å². The average molecular weight is 513 g/mol. The number of hydrogen-bond acceptors (Lipinski definition) is 5. The highest BCUT2D eigenvalue weighted by molar-refractivity contribution is 6.03. The number of pyridine rings is 1. The van der Waals surface area contributed by atoms with Crippen LogP contribution < -0.4 is 36.8 Å². The van der Waals surface area contributed by atoms with Crippen molar-refractivity contribution >= 4 is 11.7 Å². The maximum absolute atomic E-state index is 13.0. The molecule has 0 fully saturated rings. The van der Waals surface area contributed by atoms with Crippen molar-refractivity contribution in [1.82, 2.24) is 0 Å². The van der Waals surface area contributed by atoms with Gasteiger partial charge in [-0.1, -0.05) is 12.1 Å². The molecule has 3 N–H and O–H groups in total. The summed E-state index contributed by atoms with van der Waals surface area (Å²) in [6.07, 6.45) is 4.51. The Morgan fingerprint density at radius 2 is 1.88 bits per heavy atom. The molecule has 0 saturated carbocycles. The second kappa shape index (κ2) is 10.0. The van der Waals surface area contributed by atoms with E-state index in [0.717, 1.165) is 16.7 Å². The molecule has 1 unspecified atom stereocenters.